The van der Waals surface area contributed by atoms with Gasteiger partial charge in [0.25, 0.3) is 0 Å². The van der Waals surface area contributed by atoms with Crippen LogP contribution in [-0.4, -0.2) is 9.55 Å². The van der Waals surface area contributed by atoms with E-state index in [0.717, 1.165) is 16.9 Å². The normalized spacial score (nSPS) is 15.2. The van der Waals surface area contributed by atoms with Gasteiger partial charge in [0.1, 0.15) is 0 Å². The first-order valence-electron chi connectivity index (χ1n) is 16.9. The Bertz CT molecular complexity index is 2580. The van der Waals surface area contributed by atoms with E-state index in [2.05, 4.69) is 192 Å². The molecule has 0 saturated heterocycles. The summed E-state index contributed by atoms with van der Waals surface area (Å²) in [5, 5.41) is 3.73. The van der Waals surface area contributed by atoms with E-state index in [1.54, 1.807) is 0 Å². The van der Waals surface area contributed by atoms with Crippen LogP contribution in [0.1, 0.15) is 29.7 Å². The number of H-pyrrole nitrogens is 1. The van der Waals surface area contributed by atoms with Gasteiger partial charge in [-0.2, -0.15) is 0 Å². The lowest BCUT2D eigenvalue weighted by molar-refractivity contribution is 0.979. The summed E-state index contributed by atoms with van der Waals surface area (Å²) < 4.78 is 2.37. The predicted molar refractivity (Wildman–Crippen MR) is 208 cm³/mol. The van der Waals surface area contributed by atoms with E-state index in [0.29, 0.717) is 0 Å². The van der Waals surface area contributed by atoms with Crippen molar-refractivity contribution >= 4 is 50.2 Å². The summed E-state index contributed by atoms with van der Waals surface area (Å²) >= 11 is 0. The number of nitrogens with zero attached hydrogens (tertiary/aromatic N) is 2. The van der Waals surface area contributed by atoms with Crippen molar-refractivity contribution < 1.29 is 0 Å². The maximum Gasteiger partial charge on any atom is 0.0544 e. The zero-order valence-corrected chi connectivity index (χ0v) is 27.3. The number of para-hydroxylation sites is 4. The van der Waals surface area contributed by atoms with Gasteiger partial charge in [-0.25, -0.2) is 0 Å². The molecule has 2 aromatic heterocycles. The molecule has 1 atom stereocenters. The van der Waals surface area contributed by atoms with Crippen LogP contribution < -0.4 is 4.90 Å². The Hall–Kier alpha value is -6.32. The van der Waals surface area contributed by atoms with Gasteiger partial charge in [-0.05, 0) is 102 Å². The molecule has 0 aliphatic carbocycles. The number of benzene rings is 6. The molecule has 1 aliphatic rings. The molecule has 0 saturated carbocycles. The van der Waals surface area contributed by atoms with Gasteiger partial charge < -0.3 is 14.5 Å². The smallest absolute Gasteiger partial charge is 0.0544 e. The fourth-order valence-corrected chi connectivity index (χ4v) is 7.85. The van der Waals surface area contributed by atoms with Crippen molar-refractivity contribution in [3.63, 3.8) is 0 Å². The molecule has 0 spiro atoms. The number of fused-ring (bicyclic) bond motifs is 5. The van der Waals surface area contributed by atoms with Crippen LogP contribution in [0.15, 0.2) is 176 Å². The van der Waals surface area contributed by atoms with Crippen LogP contribution >= 0.6 is 0 Å². The Kier molecular flexibility index (Phi) is 6.91. The van der Waals surface area contributed by atoms with Gasteiger partial charge in [-0.15, -0.1) is 0 Å². The summed E-state index contributed by atoms with van der Waals surface area (Å²) in [5.74, 6) is 0.0101. The molecular formula is C46H35N3. The standard InChI is InChI=1S/C46H35N3/c1-3-15-40-45(46-36-22-12-14-24-42(36)49(44(46)16-4-2)34-19-9-6-10-20-34)38-30-31(25-27-39(38)47-40)32-26-28-43-37(29-32)35-21-11-13-23-41(35)48(43)33-17-7-5-8-18-33/h3-30,46-47H,2H2,1H3/b15-3-,44-16+. The van der Waals surface area contributed by atoms with Gasteiger partial charge in [0.05, 0.1) is 22.6 Å². The molecule has 49 heavy (non-hydrogen) atoms. The molecule has 0 amide bonds. The van der Waals surface area contributed by atoms with Crippen LogP contribution in [0.4, 0.5) is 11.4 Å². The second kappa shape index (κ2) is 11.7. The minimum Gasteiger partial charge on any atom is -0.355 e. The average Bonchev–Trinajstić information content (AvgIpc) is 3.79. The van der Waals surface area contributed by atoms with E-state index >= 15 is 0 Å². The van der Waals surface area contributed by atoms with Crippen LogP contribution in [-0.2, 0) is 0 Å². The monoisotopic (exact) mass is 629 g/mol. The highest BCUT2D eigenvalue weighted by molar-refractivity contribution is 6.10. The van der Waals surface area contributed by atoms with Gasteiger partial charge in [0.15, 0.2) is 0 Å². The van der Waals surface area contributed by atoms with E-state index in [4.69, 9.17) is 0 Å². The zero-order valence-electron chi connectivity index (χ0n) is 27.3. The summed E-state index contributed by atoms with van der Waals surface area (Å²) in [5.41, 5.74) is 14.3. The summed E-state index contributed by atoms with van der Waals surface area (Å²) in [4.78, 5) is 6.17. The number of anilines is 2. The quantitative estimate of drug-likeness (QED) is 0.194. The number of aromatic nitrogens is 2. The molecular weight excluding hydrogens is 595 g/mol. The molecule has 3 heteroatoms. The molecule has 0 fully saturated rings. The van der Waals surface area contributed by atoms with Crippen molar-refractivity contribution in [2.45, 2.75) is 12.8 Å². The van der Waals surface area contributed by atoms with Gasteiger partial charge in [0, 0.05) is 44.4 Å². The number of nitrogens with one attached hydrogen (secondary N) is 1. The van der Waals surface area contributed by atoms with Crippen molar-refractivity contribution in [2.24, 2.45) is 0 Å². The van der Waals surface area contributed by atoms with E-state index in [1.807, 2.05) is 6.08 Å². The van der Waals surface area contributed by atoms with Crippen molar-refractivity contribution in [3.05, 3.63) is 193 Å². The predicted octanol–water partition coefficient (Wildman–Crippen LogP) is 12.3. The molecule has 3 nitrogen and oxygen atoms in total. The number of hydrogen-bond donors (Lipinski definition) is 1. The molecule has 0 radical (unpaired) electrons. The Labute approximate surface area is 286 Å². The largest absolute Gasteiger partial charge is 0.355 e. The maximum absolute atomic E-state index is 4.15. The zero-order chi connectivity index (χ0) is 32.9. The van der Waals surface area contributed by atoms with Gasteiger partial charge in [0.2, 0.25) is 0 Å². The maximum atomic E-state index is 4.15. The van der Waals surface area contributed by atoms with E-state index in [9.17, 15) is 0 Å². The third kappa shape index (κ3) is 4.58. The number of hydrogen-bond acceptors (Lipinski definition) is 1. The van der Waals surface area contributed by atoms with Crippen molar-refractivity contribution in [3.8, 4) is 16.8 Å². The molecule has 0 bridgehead atoms. The lowest BCUT2D eigenvalue weighted by Gasteiger charge is -2.24. The van der Waals surface area contributed by atoms with Crippen LogP contribution in [0, 0.1) is 0 Å². The molecule has 1 aliphatic heterocycles. The first-order valence-corrected chi connectivity index (χ1v) is 16.9. The number of allylic oxidation sites excluding steroid dienone is 4. The fraction of sp³-hybridized carbons (Fsp3) is 0.0435. The Morgan fingerprint density at radius 3 is 2.06 bits per heavy atom. The molecule has 1 unspecified atom stereocenters. The van der Waals surface area contributed by atoms with Gasteiger partial charge in [-0.1, -0.05) is 104 Å². The molecule has 1 N–H and O–H groups in total. The third-order valence-electron chi connectivity index (χ3n) is 9.86. The van der Waals surface area contributed by atoms with Crippen LogP contribution in [0.2, 0.25) is 0 Å². The first kappa shape index (κ1) is 28.9. The molecule has 3 heterocycles. The summed E-state index contributed by atoms with van der Waals surface area (Å²) in [6.45, 7) is 6.23. The summed E-state index contributed by atoms with van der Waals surface area (Å²) in [6, 6.07) is 52.6. The van der Waals surface area contributed by atoms with Gasteiger partial charge >= 0.3 is 0 Å². The van der Waals surface area contributed by atoms with E-state index in [-0.39, 0.29) is 5.92 Å². The SMILES string of the molecule is C=C/C=C1\C(c2c(/C=C\C)[nH]c3ccc(-c4ccc5c(c4)c4ccccc4n5-c4ccccc4)cc23)c2ccccc2N1c1ccccc1. The highest BCUT2D eigenvalue weighted by atomic mass is 15.2. The second-order valence-corrected chi connectivity index (χ2v) is 12.6. The molecule has 8 aromatic rings. The fourth-order valence-electron chi connectivity index (χ4n) is 7.85. The van der Waals surface area contributed by atoms with Gasteiger partial charge in [-0.3, -0.25) is 0 Å². The number of aromatic amines is 1. The topological polar surface area (TPSA) is 24.0 Å². The third-order valence-corrected chi connectivity index (χ3v) is 9.86. The van der Waals surface area contributed by atoms with Crippen molar-refractivity contribution in [1.82, 2.24) is 9.55 Å². The highest BCUT2D eigenvalue weighted by Crippen LogP contribution is 2.53. The lowest BCUT2D eigenvalue weighted by atomic mass is 9.87. The summed E-state index contributed by atoms with van der Waals surface area (Å²) in [6.07, 6.45) is 8.42. The van der Waals surface area contributed by atoms with Crippen LogP contribution in [0.5, 0.6) is 0 Å². The van der Waals surface area contributed by atoms with E-state index < -0.39 is 0 Å². The molecule has 9 rings (SSSR count). The first-order chi connectivity index (χ1) is 24.2. The minimum absolute atomic E-state index is 0.0101. The Morgan fingerprint density at radius 2 is 1.29 bits per heavy atom. The minimum atomic E-state index is 0.0101. The van der Waals surface area contributed by atoms with Crippen molar-refractivity contribution in [2.75, 3.05) is 4.90 Å². The number of rotatable bonds is 6. The lowest BCUT2D eigenvalue weighted by Crippen LogP contribution is -2.14. The van der Waals surface area contributed by atoms with Crippen molar-refractivity contribution in [1.29, 1.82) is 0 Å². The van der Waals surface area contributed by atoms with E-state index in [1.165, 1.54) is 66.5 Å². The second-order valence-electron chi connectivity index (χ2n) is 12.6. The molecule has 234 valence electrons. The van der Waals surface area contributed by atoms with Crippen LogP contribution in [0.25, 0.3) is 55.6 Å². The average molecular weight is 630 g/mol. The summed E-state index contributed by atoms with van der Waals surface area (Å²) in [7, 11) is 0. The highest BCUT2D eigenvalue weighted by Gasteiger charge is 2.37. The Balaban J connectivity index is 1.25. The molecule has 6 aromatic carbocycles. The Morgan fingerprint density at radius 1 is 0.633 bits per heavy atom. The van der Waals surface area contributed by atoms with Crippen LogP contribution in [0.3, 0.4) is 0 Å².